The van der Waals surface area contributed by atoms with Gasteiger partial charge in [-0.15, -0.1) is 0 Å². The molecule has 0 bridgehead atoms. The SMILES string of the molecule is O=C1/C(=C/c2c(F)c(F)c(F)c(F)c2F)SC(=S)N1/N=C/c1ccc(Cl)cc1Cl. The lowest BCUT2D eigenvalue weighted by Gasteiger charge is -2.07. The number of hydrogen-bond acceptors (Lipinski definition) is 4. The molecule has 2 aromatic rings. The summed E-state index contributed by atoms with van der Waals surface area (Å²) >= 11 is 17.3. The van der Waals surface area contributed by atoms with Gasteiger partial charge in [0.1, 0.15) is 0 Å². The van der Waals surface area contributed by atoms with E-state index in [1.807, 2.05) is 0 Å². The van der Waals surface area contributed by atoms with E-state index in [9.17, 15) is 26.7 Å². The minimum absolute atomic E-state index is 0.119. The van der Waals surface area contributed by atoms with Crippen LogP contribution in [0.25, 0.3) is 6.08 Å². The number of rotatable bonds is 3. The zero-order chi connectivity index (χ0) is 21.5. The molecule has 0 N–H and O–H groups in total. The number of halogens is 7. The summed E-state index contributed by atoms with van der Waals surface area (Å²) in [6.07, 6.45) is 1.73. The number of carbonyl (C=O) groups excluding carboxylic acids is 1. The summed E-state index contributed by atoms with van der Waals surface area (Å²) in [5.74, 6) is -11.6. The van der Waals surface area contributed by atoms with E-state index in [1.165, 1.54) is 24.4 Å². The summed E-state index contributed by atoms with van der Waals surface area (Å²) < 4.78 is 67.4. The molecule has 150 valence electrons. The van der Waals surface area contributed by atoms with Crippen LogP contribution < -0.4 is 0 Å². The van der Waals surface area contributed by atoms with Gasteiger partial charge in [-0.2, -0.15) is 10.1 Å². The molecule has 2 aromatic carbocycles. The molecule has 1 saturated heterocycles. The molecule has 29 heavy (non-hydrogen) atoms. The molecule has 1 aliphatic rings. The maximum absolute atomic E-state index is 13.8. The minimum atomic E-state index is -2.30. The van der Waals surface area contributed by atoms with Crippen molar-refractivity contribution in [3.8, 4) is 0 Å². The normalized spacial score (nSPS) is 16.0. The largest absolute Gasteiger partial charge is 0.286 e. The number of nitrogens with zero attached hydrogens (tertiary/aromatic N) is 2. The lowest BCUT2D eigenvalue weighted by Crippen LogP contribution is -2.22. The number of thiocarbonyl (C=S) groups is 1. The second-order valence-corrected chi connectivity index (χ2v) is 7.91. The third-order valence-electron chi connectivity index (χ3n) is 3.57. The van der Waals surface area contributed by atoms with Crippen LogP contribution in [0.4, 0.5) is 22.0 Å². The van der Waals surface area contributed by atoms with Gasteiger partial charge in [0.15, 0.2) is 27.6 Å². The topological polar surface area (TPSA) is 32.7 Å². The highest BCUT2D eigenvalue weighted by Crippen LogP contribution is 2.35. The van der Waals surface area contributed by atoms with E-state index in [1.54, 1.807) is 0 Å². The molecule has 0 spiro atoms. The molecule has 3 nitrogen and oxygen atoms in total. The fourth-order valence-corrected chi connectivity index (χ4v) is 3.78. The Bertz CT molecular complexity index is 1090. The predicted molar refractivity (Wildman–Crippen MR) is 105 cm³/mol. The zero-order valence-corrected chi connectivity index (χ0v) is 16.8. The van der Waals surface area contributed by atoms with Crippen LogP contribution in [0.3, 0.4) is 0 Å². The van der Waals surface area contributed by atoms with E-state index < -0.39 is 40.6 Å². The van der Waals surface area contributed by atoms with E-state index in [2.05, 4.69) is 5.10 Å². The molecule has 0 unspecified atom stereocenters. The van der Waals surface area contributed by atoms with Gasteiger partial charge in [-0.25, -0.2) is 22.0 Å². The molecular formula is C17H5Cl2F5N2OS2. The van der Waals surface area contributed by atoms with Crippen LogP contribution in [-0.2, 0) is 4.79 Å². The van der Waals surface area contributed by atoms with Crippen LogP contribution in [0.5, 0.6) is 0 Å². The van der Waals surface area contributed by atoms with Gasteiger partial charge in [0.05, 0.1) is 21.7 Å². The summed E-state index contributed by atoms with van der Waals surface area (Å²) in [7, 11) is 0. The third kappa shape index (κ3) is 4.16. The summed E-state index contributed by atoms with van der Waals surface area (Å²) in [4.78, 5) is 12.0. The smallest absolute Gasteiger partial charge is 0.266 e. The van der Waals surface area contributed by atoms with E-state index in [0.717, 1.165) is 5.01 Å². The average molecular weight is 483 g/mol. The molecule has 1 amide bonds. The van der Waals surface area contributed by atoms with E-state index in [-0.39, 0.29) is 14.2 Å². The van der Waals surface area contributed by atoms with Gasteiger partial charge in [0.25, 0.3) is 5.91 Å². The lowest BCUT2D eigenvalue weighted by molar-refractivity contribution is -0.122. The zero-order valence-electron chi connectivity index (χ0n) is 13.7. The highest BCUT2D eigenvalue weighted by Gasteiger charge is 2.34. The van der Waals surface area contributed by atoms with Crippen molar-refractivity contribution in [1.82, 2.24) is 5.01 Å². The minimum Gasteiger partial charge on any atom is -0.266 e. The van der Waals surface area contributed by atoms with Crippen LogP contribution in [0.2, 0.25) is 10.0 Å². The van der Waals surface area contributed by atoms with Crippen molar-refractivity contribution < 1.29 is 26.7 Å². The first-order chi connectivity index (χ1) is 13.6. The van der Waals surface area contributed by atoms with E-state index in [4.69, 9.17) is 35.4 Å². The van der Waals surface area contributed by atoms with Gasteiger partial charge in [-0.05, 0) is 30.4 Å². The van der Waals surface area contributed by atoms with Crippen LogP contribution in [-0.4, -0.2) is 21.5 Å². The van der Waals surface area contributed by atoms with Crippen LogP contribution >= 0.6 is 47.2 Å². The number of thioether (sulfide) groups is 1. The van der Waals surface area contributed by atoms with Crippen LogP contribution in [0.15, 0.2) is 28.2 Å². The van der Waals surface area contributed by atoms with Crippen molar-refractivity contribution in [2.24, 2.45) is 5.10 Å². The first-order valence-corrected chi connectivity index (χ1v) is 9.38. The monoisotopic (exact) mass is 482 g/mol. The summed E-state index contributed by atoms with van der Waals surface area (Å²) in [5, 5.41) is 5.21. The summed E-state index contributed by atoms with van der Waals surface area (Å²) in [6.45, 7) is 0. The second-order valence-electron chi connectivity index (χ2n) is 5.39. The Balaban J connectivity index is 1.95. The Morgan fingerprint density at radius 2 is 1.59 bits per heavy atom. The predicted octanol–water partition coefficient (Wildman–Crippen LogP) is 5.92. The van der Waals surface area contributed by atoms with Gasteiger partial charge in [0.2, 0.25) is 5.82 Å². The Morgan fingerprint density at radius 1 is 1.00 bits per heavy atom. The Morgan fingerprint density at radius 3 is 2.17 bits per heavy atom. The molecule has 3 rings (SSSR count). The molecular weight excluding hydrogens is 478 g/mol. The Labute approximate surface area is 179 Å². The molecule has 0 aliphatic carbocycles. The van der Waals surface area contributed by atoms with Gasteiger partial charge in [-0.3, -0.25) is 4.79 Å². The molecule has 12 heteroatoms. The van der Waals surface area contributed by atoms with Gasteiger partial charge < -0.3 is 0 Å². The number of hydrazone groups is 1. The first kappa shape index (κ1) is 21.7. The number of benzene rings is 2. The van der Waals surface area contributed by atoms with Crippen molar-refractivity contribution in [3.63, 3.8) is 0 Å². The quantitative estimate of drug-likeness (QED) is 0.136. The maximum atomic E-state index is 13.8. The lowest BCUT2D eigenvalue weighted by atomic mass is 10.1. The van der Waals surface area contributed by atoms with E-state index >= 15 is 0 Å². The summed E-state index contributed by atoms with van der Waals surface area (Å²) in [5.41, 5.74) is -0.861. The average Bonchev–Trinajstić information content (AvgIpc) is 2.94. The number of hydrogen-bond donors (Lipinski definition) is 0. The molecule has 0 radical (unpaired) electrons. The first-order valence-electron chi connectivity index (χ1n) is 7.40. The number of amides is 1. The van der Waals surface area contributed by atoms with Gasteiger partial charge in [-0.1, -0.05) is 41.0 Å². The Hall–Kier alpha value is -2.01. The highest BCUT2D eigenvalue weighted by molar-refractivity contribution is 8.26. The molecule has 1 aliphatic heterocycles. The number of carbonyl (C=O) groups is 1. The Kier molecular flexibility index (Phi) is 6.27. The molecule has 0 saturated carbocycles. The van der Waals surface area contributed by atoms with Crippen LogP contribution in [0.1, 0.15) is 11.1 Å². The highest BCUT2D eigenvalue weighted by atomic mass is 35.5. The van der Waals surface area contributed by atoms with Crippen molar-refractivity contribution >= 4 is 69.7 Å². The second kappa shape index (κ2) is 8.39. The molecule has 0 atom stereocenters. The maximum Gasteiger partial charge on any atom is 0.286 e. The van der Waals surface area contributed by atoms with Gasteiger partial charge in [0, 0.05) is 10.6 Å². The fraction of sp³-hybridized carbons (Fsp3) is 0. The standard InChI is InChI=1S/C17H5Cl2F5N2OS2/c18-7-2-1-6(9(19)3-7)5-25-26-16(27)10(29-17(26)28)4-8-11(20)13(22)15(24)14(23)12(8)21/h1-5H/b10-4-,25-5+. The van der Waals surface area contributed by atoms with Crippen molar-refractivity contribution in [3.05, 3.63) is 73.4 Å². The third-order valence-corrected chi connectivity index (χ3v) is 5.41. The van der Waals surface area contributed by atoms with Crippen LogP contribution in [0, 0.1) is 29.1 Å². The molecule has 0 aromatic heterocycles. The van der Waals surface area contributed by atoms with Crippen molar-refractivity contribution in [2.45, 2.75) is 0 Å². The van der Waals surface area contributed by atoms with E-state index in [0.29, 0.717) is 28.4 Å². The van der Waals surface area contributed by atoms with Gasteiger partial charge >= 0.3 is 0 Å². The molecule has 1 heterocycles. The fourth-order valence-electron chi connectivity index (χ4n) is 2.16. The molecule has 1 fully saturated rings. The van der Waals surface area contributed by atoms with Crippen molar-refractivity contribution in [2.75, 3.05) is 0 Å². The summed E-state index contributed by atoms with van der Waals surface area (Å²) in [6, 6.07) is 4.50. The van der Waals surface area contributed by atoms with Crippen molar-refractivity contribution in [1.29, 1.82) is 0 Å².